The number of imidazole rings is 1. The second kappa shape index (κ2) is 8.73. The largest absolute Gasteiger partial charge is 0.325 e. The third kappa shape index (κ3) is 4.22. The Morgan fingerprint density at radius 1 is 1.03 bits per heavy atom. The van der Waals surface area contributed by atoms with Gasteiger partial charge in [0.05, 0.1) is 17.1 Å². The number of fused-ring (bicyclic) bond motifs is 1. The Balaban J connectivity index is 1.32. The number of benzene rings is 2. The van der Waals surface area contributed by atoms with Gasteiger partial charge in [-0.1, -0.05) is 36.0 Å². The van der Waals surface area contributed by atoms with E-state index in [0.717, 1.165) is 35.1 Å². The quantitative estimate of drug-likeness (QED) is 0.470. The molecule has 0 atom stereocenters. The van der Waals surface area contributed by atoms with Crippen molar-refractivity contribution in [2.75, 3.05) is 11.1 Å². The monoisotopic (exact) mass is 431 g/mol. The van der Waals surface area contributed by atoms with Gasteiger partial charge in [-0.3, -0.25) is 9.36 Å². The molecule has 1 aliphatic rings. The molecule has 0 saturated carbocycles. The fourth-order valence-electron chi connectivity index (χ4n) is 3.79. The van der Waals surface area contributed by atoms with Gasteiger partial charge in [0.25, 0.3) is 0 Å². The predicted molar refractivity (Wildman–Crippen MR) is 119 cm³/mol. The number of para-hydroxylation sites is 1. The number of hydrogen-bond acceptors (Lipinski definition) is 6. The predicted octanol–water partition coefficient (Wildman–Crippen LogP) is 3.46. The van der Waals surface area contributed by atoms with Crippen LogP contribution in [0.15, 0.2) is 66.1 Å². The van der Waals surface area contributed by atoms with Crippen molar-refractivity contribution in [2.45, 2.75) is 30.8 Å². The van der Waals surface area contributed by atoms with Gasteiger partial charge in [-0.05, 0) is 66.4 Å². The second-order valence-electron chi connectivity index (χ2n) is 7.31. The Morgan fingerprint density at radius 3 is 2.71 bits per heavy atom. The van der Waals surface area contributed by atoms with Gasteiger partial charge in [0.1, 0.15) is 6.33 Å². The van der Waals surface area contributed by atoms with Crippen LogP contribution in [0.4, 0.5) is 5.69 Å². The average Bonchev–Trinajstić information content (AvgIpc) is 3.46. The first-order chi connectivity index (χ1) is 15.3. The van der Waals surface area contributed by atoms with Crippen molar-refractivity contribution < 1.29 is 4.79 Å². The highest BCUT2D eigenvalue weighted by Crippen LogP contribution is 2.30. The summed E-state index contributed by atoms with van der Waals surface area (Å²) in [6.07, 6.45) is 5.88. The fraction of sp³-hybridized carbons (Fsp3) is 0.227. The standard InChI is InChI=1S/C22H21N7OS/c30-21(24-16-7-6-10-18(13-16)28-15-23-26-27-28)14-31-22-25-19-11-4-5-12-20(19)29(22)17-8-2-1-3-9-17/h1-3,6-10,13,15H,4-5,11-12,14H2,(H,24,30). The first kappa shape index (κ1) is 19.5. The van der Waals surface area contributed by atoms with Crippen LogP contribution in [0.3, 0.4) is 0 Å². The number of amides is 1. The molecule has 0 unspecified atom stereocenters. The summed E-state index contributed by atoms with van der Waals surface area (Å²) in [5.41, 5.74) is 5.00. The molecule has 9 heteroatoms. The number of aryl methyl sites for hydroxylation is 1. The van der Waals surface area contributed by atoms with Crippen molar-refractivity contribution >= 4 is 23.4 Å². The normalized spacial score (nSPS) is 13.0. The van der Waals surface area contributed by atoms with Crippen molar-refractivity contribution in [2.24, 2.45) is 0 Å². The summed E-state index contributed by atoms with van der Waals surface area (Å²) in [6.45, 7) is 0. The summed E-state index contributed by atoms with van der Waals surface area (Å²) in [5.74, 6) is 0.192. The number of nitrogens with one attached hydrogen (secondary N) is 1. The summed E-state index contributed by atoms with van der Waals surface area (Å²) in [5, 5.41) is 15.0. The van der Waals surface area contributed by atoms with Crippen LogP contribution in [-0.2, 0) is 17.6 Å². The lowest BCUT2D eigenvalue weighted by Crippen LogP contribution is -2.15. The minimum Gasteiger partial charge on any atom is -0.325 e. The zero-order chi connectivity index (χ0) is 21.0. The Labute approximate surface area is 183 Å². The molecule has 2 aromatic carbocycles. The van der Waals surface area contributed by atoms with Crippen molar-refractivity contribution in [1.29, 1.82) is 0 Å². The van der Waals surface area contributed by atoms with E-state index in [-0.39, 0.29) is 11.7 Å². The number of aromatic nitrogens is 6. The Bertz CT molecular complexity index is 1190. The van der Waals surface area contributed by atoms with E-state index in [4.69, 9.17) is 4.98 Å². The minimum absolute atomic E-state index is 0.0838. The lowest BCUT2D eigenvalue weighted by Gasteiger charge is -2.15. The van der Waals surface area contributed by atoms with Gasteiger partial charge in [0.15, 0.2) is 5.16 Å². The van der Waals surface area contributed by atoms with Crippen LogP contribution in [0.2, 0.25) is 0 Å². The number of nitrogens with zero attached hydrogens (tertiary/aromatic N) is 6. The molecule has 1 amide bonds. The summed E-state index contributed by atoms with van der Waals surface area (Å²) in [4.78, 5) is 17.5. The molecule has 31 heavy (non-hydrogen) atoms. The zero-order valence-corrected chi connectivity index (χ0v) is 17.6. The van der Waals surface area contributed by atoms with Crippen LogP contribution in [0.25, 0.3) is 11.4 Å². The van der Waals surface area contributed by atoms with E-state index in [0.29, 0.717) is 5.69 Å². The molecule has 8 nitrogen and oxygen atoms in total. The highest BCUT2D eigenvalue weighted by molar-refractivity contribution is 7.99. The maximum atomic E-state index is 12.7. The molecule has 0 bridgehead atoms. The van der Waals surface area contributed by atoms with Crippen LogP contribution in [0, 0.1) is 0 Å². The van der Waals surface area contributed by atoms with E-state index in [1.807, 2.05) is 42.5 Å². The van der Waals surface area contributed by atoms with E-state index in [1.165, 1.54) is 36.6 Å². The van der Waals surface area contributed by atoms with Crippen LogP contribution in [0.5, 0.6) is 0 Å². The van der Waals surface area contributed by atoms with Gasteiger partial charge in [-0.15, -0.1) is 5.10 Å². The molecule has 0 spiro atoms. The van der Waals surface area contributed by atoms with Crippen LogP contribution in [0.1, 0.15) is 24.2 Å². The number of carbonyl (C=O) groups is 1. The summed E-state index contributed by atoms with van der Waals surface area (Å²) < 4.78 is 3.76. The molecule has 4 aromatic rings. The molecule has 1 aliphatic carbocycles. The van der Waals surface area contributed by atoms with Crippen molar-refractivity contribution in [3.63, 3.8) is 0 Å². The molecule has 0 fully saturated rings. The van der Waals surface area contributed by atoms with E-state index in [1.54, 1.807) is 4.68 Å². The smallest absolute Gasteiger partial charge is 0.234 e. The molecule has 0 radical (unpaired) electrons. The third-order valence-corrected chi connectivity index (χ3v) is 6.13. The number of tetrazole rings is 1. The summed E-state index contributed by atoms with van der Waals surface area (Å²) in [7, 11) is 0. The highest BCUT2D eigenvalue weighted by atomic mass is 32.2. The number of hydrogen-bond donors (Lipinski definition) is 1. The molecule has 2 heterocycles. The summed E-state index contributed by atoms with van der Waals surface area (Å²) in [6, 6.07) is 17.7. The van der Waals surface area contributed by atoms with Gasteiger partial charge >= 0.3 is 0 Å². The first-order valence-corrected chi connectivity index (χ1v) is 11.2. The molecule has 2 aromatic heterocycles. The molecule has 1 N–H and O–H groups in total. The van der Waals surface area contributed by atoms with Crippen LogP contribution in [-0.4, -0.2) is 41.4 Å². The lowest BCUT2D eigenvalue weighted by molar-refractivity contribution is -0.113. The van der Waals surface area contributed by atoms with Crippen molar-refractivity contribution in [3.8, 4) is 11.4 Å². The van der Waals surface area contributed by atoms with Gasteiger partial charge < -0.3 is 5.32 Å². The van der Waals surface area contributed by atoms with E-state index >= 15 is 0 Å². The molecule has 5 rings (SSSR count). The molecule has 0 saturated heterocycles. The molecule has 156 valence electrons. The number of thioether (sulfide) groups is 1. The topological polar surface area (TPSA) is 90.5 Å². The molecule has 0 aliphatic heterocycles. The first-order valence-electron chi connectivity index (χ1n) is 10.2. The zero-order valence-electron chi connectivity index (χ0n) is 16.8. The highest BCUT2D eigenvalue weighted by Gasteiger charge is 2.21. The molecular weight excluding hydrogens is 410 g/mol. The van der Waals surface area contributed by atoms with Crippen molar-refractivity contribution in [1.82, 2.24) is 29.8 Å². The van der Waals surface area contributed by atoms with Gasteiger partial charge in [-0.25, -0.2) is 9.67 Å². The number of rotatable bonds is 6. The lowest BCUT2D eigenvalue weighted by atomic mass is 10.0. The van der Waals surface area contributed by atoms with Gasteiger partial charge in [-0.2, -0.15) is 0 Å². The SMILES string of the molecule is O=C(CSc1nc2c(n1-c1ccccc1)CCCC2)Nc1cccc(-n2cnnn2)c1. The fourth-order valence-corrected chi connectivity index (χ4v) is 4.64. The summed E-state index contributed by atoms with van der Waals surface area (Å²) >= 11 is 1.47. The maximum Gasteiger partial charge on any atom is 0.234 e. The molecular formula is C22H21N7OS. The van der Waals surface area contributed by atoms with Gasteiger partial charge in [0.2, 0.25) is 5.91 Å². The van der Waals surface area contributed by atoms with Crippen LogP contribution < -0.4 is 5.32 Å². The van der Waals surface area contributed by atoms with Crippen LogP contribution >= 0.6 is 11.8 Å². The second-order valence-corrected chi connectivity index (χ2v) is 8.25. The maximum absolute atomic E-state index is 12.7. The number of anilines is 1. The average molecular weight is 432 g/mol. The van der Waals surface area contributed by atoms with E-state index < -0.39 is 0 Å². The van der Waals surface area contributed by atoms with E-state index in [9.17, 15) is 4.79 Å². The van der Waals surface area contributed by atoms with Gasteiger partial charge in [0, 0.05) is 17.1 Å². The number of carbonyl (C=O) groups excluding carboxylic acids is 1. The van der Waals surface area contributed by atoms with E-state index in [2.05, 4.69) is 37.5 Å². The third-order valence-electron chi connectivity index (χ3n) is 5.19. The Hall–Kier alpha value is -3.46. The van der Waals surface area contributed by atoms with Crippen molar-refractivity contribution in [3.05, 3.63) is 72.3 Å². The minimum atomic E-state index is -0.0838. The Kier molecular flexibility index (Phi) is 5.49. The Morgan fingerprint density at radius 2 is 1.87 bits per heavy atom.